The first-order valence-corrected chi connectivity index (χ1v) is 9.74. The third-order valence-corrected chi connectivity index (χ3v) is 5.20. The summed E-state index contributed by atoms with van der Waals surface area (Å²) in [4.78, 5) is 2.19. The van der Waals surface area contributed by atoms with E-state index in [0.29, 0.717) is 12.4 Å². The van der Waals surface area contributed by atoms with Crippen LogP contribution in [-0.2, 0) is 10.0 Å². The predicted octanol–water partition coefficient (Wildman–Crippen LogP) is 3.74. The first-order chi connectivity index (χ1) is 12.5. The van der Waals surface area contributed by atoms with Crippen LogP contribution < -0.4 is 9.62 Å². The zero-order valence-corrected chi connectivity index (χ0v) is 15.4. The molecule has 26 heavy (non-hydrogen) atoms. The minimum absolute atomic E-state index is 0.180. The lowest BCUT2D eigenvalue weighted by Gasteiger charge is -2.21. The van der Waals surface area contributed by atoms with Gasteiger partial charge in [0.2, 0.25) is 0 Å². The van der Waals surface area contributed by atoms with E-state index in [4.69, 9.17) is 0 Å². The molecule has 1 aromatic heterocycles. The Morgan fingerprint density at radius 1 is 0.962 bits per heavy atom. The van der Waals surface area contributed by atoms with Gasteiger partial charge in [0.15, 0.2) is 11.6 Å². The van der Waals surface area contributed by atoms with Crippen molar-refractivity contribution in [2.24, 2.45) is 0 Å². The van der Waals surface area contributed by atoms with Crippen LogP contribution in [0.4, 0.5) is 17.3 Å². The fraction of sp³-hybridized carbons (Fsp3) is 0.158. The molecule has 0 atom stereocenters. The number of aromatic nitrogens is 2. The zero-order chi connectivity index (χ0) is 18.6. The molecule has 1 N–H and O–H groups in total. The minimum Gasteiger partial charge on any atom is -0.325 e. The van der Waals surface area contributed by atoms with Crippen molar-refractivity contribution < 1.29 is 8.42 Å². The van der Waals surface area contributed by atoms with Crippen LogP contribution in [0.25, 0.3) is 0 Å². The molecule has 0 saturated heterocycles. The molecule has 6 nitrogen and oxygen atoms in total. The van der Waals surface area contributed by atoms with E-state index in [1.807, 2.05) is 55.1 Å². The van der Waals surface area contributed by atoms with Crippen molar-refractivity contribution in [3.8, 4) is 0 Å². The summed E-state index contributed by atoms with van der Waals surface area (Å²) in [7, 11) is -3.69. The summed E-state index contributed by atoms with van der Waals surface area (Å²) in [6.07, 6.45) is 0. The highest BCUT2D eigenvalue weighted by Crippen LogP contribution is 2.23. The van der Waals surface area contributed by atoms with E-state index in [2.05, 4.69) is 14.9 Å². The average Bonchev–Trinajstić information content (AvgIpc) is 2.64. The molecule has 0 radical (unpaired) electrons. The molecule has 134 valence electrons. The number of sulfonamides is 1. The highest BCUT2D eigenvalue weighted by Gasteiger charge is 2.16. The number of hydrogen-bond acceptors (Lipinski definition) is 5. The van der Waals surface area contributed by atoms with E-state index in [-0.39, 0.29) is 10.7 Å². The van der Waals surface area contributed by atoms with Crippen molar-refractivity contribution in [2.45, 2.75) is 18.7 Å². The standard InChI is InChI=1S/C19H20N4O2S/c1-3-23(16-9-5-4-6-10-16)19-13-12-18(20-21-19)22-26(24,25)17-11-7-8-15(2)14-17/h4-14H,3H2,1-2H3,(H,20,22). The Labute approximate surface area is 153 Å². The molecule has 0 fully saturated rings. The van der Waals surface area contributed by atoms with E-state index in [9.17, 15) is 8.42 Å². The number of benzene rings is 2. The molecule has 0 aliphatic heterocycles. The van der Waals surface area contributed by atoms with Gasteiger partial charge in [-0.05, 0) is 55.8 Å². The Kier molecular flexibility index (Phi) is 5.18. The van der Waals surface area contributed by atoms with Crippen molar-refractivity contribution in [1.82, 2.24) is 10.2 Å². The Morgan fingerprint density at radius 2 is 1.73 bits per heavy atom. The Hall–Kier alpha value is -2.93. The van der Waals surface area contributed by atoms with Gasteiger partial charge < -0.3 is 4.90 Å². The first kappa shape index (κ1) is 17.9. The maximum absolute atomic E-state index is 12.5. The van der Waals surface area contributed by atoms with Crippen LogP contribution in [0.15, 0.2) is 71.6 Å². The molecule has 0 saturated carbocycles. The van der Waals surface area contributed by atoms with Crippen LogP contribution >= 0.6 is 0 Å². The molecular weight excluding hydrogens is 348 g/mol. The maximum atomic E-state index is 12.5. The largest absolute Gasteiger partial charge is 0.325 e. The first-order valence-electron chi connectivity index (χ1n) is 8.25. The quantitative estimate of drug-likeness (QED) is 0.717. The lowest BCUT2D eigenvalue weighted by Crippen LogP contribution is -2.19. The second kappa shape index (κ2) is 7.53. The Balaban J connectivity index is 1.81. The van der Waals surface area contributed by atoms with Crippen LogP contribution in [0.1, 0.15) is 12.5 Å². The van der Waals surface area contributed by atoms with Crippen LogP contribution in [-0.4, -0.2) is 25.2 Å². The average molecular weight is 368 g/mol. The van der Waals surface area contributed by atoms with Gasteiger partial charge in [-0.1, -0.05) is 30.3 Å². The molecule has 0 amide bonds. The van der Waals surface area contributed by atoms with Crippen LogP contribution in [0.3, 0.4) is 0 Å². The van der Waals surface area contributed by atoms with Crippen molar-refractivity contribution in [2.75, 3.05) is 16.2 Å². The Bertz CT molecular complexity index is 974. The number of anilines is 3. The molecule has 0 spiro atoms. The monoisotopic (exact) mass is 368 g/mol. The van der Waals surface area contributed by atoms with E-state index >= 15 is 0 Å². The molecule has 0 unspecified atom stereocenters. The molecule has 3 aromatic rings. The fourth-order valence-corrected chi connectivity index (χ4v) is 3.69. The SMILES string of the molecule is CCN(c1ccccc1)c1ccc(NS(=O)(=O)c2cccc(C)c2)nn1. The van der Waals surface area contributed by atoms with Crippen molar-refractivity contribution >= 4 is 27.3 Å². The summed E-state index contributed by atoms with van der Waals surface area (Å²) in [5.41, 5.74) is 1.87. The number of para-hydroxylation sites is 1. The molecule has 1 heterocycles. The number of aryl methyl sites for hydroxylation is 1. The minimum atomic E-state index is -3.69. The Morgan fingerprint density at radius 3 is 2.35 bits per heavy atom. The van der Waals surface area contributed by atoms with E-state index in [0.717, 1.165) is 11.3 Å². The summed E-state index contributed by atoms with van der Waals surface area (Å²) >= 11 is 0. The van der Waals surface area contributed by atoms with Gasteiger partial charge in [0.25, 0.3) is 10.0 Å². The van der Waals surface area contributed by atoms with E-state index < -0.39 is 10.0 Å². The van der Waals surface area contributed by atoms with Crippen molar-refractivity contribution in [1.29, 1.82) is 0 Å². The second-order valence-corrected chi connectivity index (χ2v) is 7.46. The lowest BCUT2D eigenvalue weighted by molar-refractivity contribution is 0.601. The normalized spacial score (nSPS) is 11.2. The molecule has 3 rings (SSSR count). The summed E-state index contributed by atoms with van der Waals surface area (Å²) < 4.78 is 27.4. The predicted molar refractivity (Wildman–Crippen MR) is 103 cm³/mol. The summed E-state index contributed by atoms with van der Waals surface area (Å²) in [5.74, 6) is 0.830. The van der Waals surface area contributed by atoms with Gasteiger partial charge in [0, 0.05) is 12.2 Å². The highest BCUT2D eigenvalue weighted by molar-refractivity contribution is 7.92. The maximum Gasteiger partial charge on any atom is 0.263 e. The molecule has 2 aromatic carbocycles. The second-order valence-electron chi connectivity index (χ2n) is 5.78. The number of rotatable bonds is 6. The van der Waals surface area contributed by atoms with Gasteiger partial charge in [-0.25, -0.2) is 8.42 Å². The molecule has 0 aliphatic rings. The third-order valence-electron chi connectivity index (χ3n) is 3.85. The van der Waals surface area contributed by atoms with Crippen LogP contribution in [0.5, 0.6) is 0 Å². The molecular formula is C19H20N4O2S. The number of nitrogens with zero attached hydrogens (tertiary/aromatic N) is 3. The highest BCUT2D eigenvalue weighted by atomic mass is 32.2. The van der Waals surface area contributed by atoms with Crippen LogP contribution in [0, 0.1) is 6.92 Å². The van der Waals surface area contributed by atoms with Crippen molar-refractivity contribution in [3.63, 3.8) is 0 Å². The smallest absolute Gasteiger partial charge is 0.263 e. The van der Waals surface area contributed by atoms with Gasteiger partial charge in [-0.15, -0.1) is 10.2 Å². The van der Waals surface area contributed by atoms with Gasteiger partial charge in [-0.2, -0.15) is 0 Å². The lowest BCUT2D eigenvalue weighted by atomic mass is 10.2. The fourth-order valence-electron chi connectivity index (χ4n) is 2.59. The summed E-state index contributed by atoms with van der Waals surface area (Å²) in [6.45, 7) is 4.58. The van der Waals surface area contributed by atoms with E-state index in [1.54, 1.807) is 30.3 Å². The zero-order valence-electron chi connectivity index (χ0n) is 14.6. The van der Waals surface area contributed by atoms with Gasteiger partial charge >= 0.3 is 0 Å². The van der Waals surface area contributed by atoms with Gasteiger partial charge in [0.1, 0.15) is 0 Å². The van der Waals surface area contributed by atoms with E-state index in [1.165, 1.54) is 0 Å². The molecule has 0 aliphatic carbocycles. The molecule has 0 bridgehead atoms. The van der Waals surface area contributed by atoms with Crippen LogP contribution in [0.2, 0.25) is 0 Å². The molecule has 7 heteroatoms. The topological polar surface area (TPSA) is 75.2 Å². The van der Waals surface area contributed by atoms with Gasteiger partial charge in [0.05, 0.1) is 4.90 Å². The van der Waals surface area contributed by atoms with Crippen molar-refractivity contribution in [3.05, 3.63) is 72.3 Å². The number of nitrogens with one attached hydrogen (secondary N) is 1. The third kappa shape index (κ3) is 4.00. The van der Waals surface area contributed by atoms with Gasteiger partial charge in [-0.3, -0.25) is 4.72 Å². The summed E-state index contributed by atoms with van der Waals surface area (Å²) in [6, 6.07) is 19.9. The number of hydrogen-bond donors (Lipinski definition) is 1. The summed E-state index contributed by atoms with van der Waals surface area (Å²) in [5, 5.41) is 8.19.